The average molecular weight is 200 g/mol. The summed E-state index contributed by atoms with van der Waals surface area (Å²) in [4.78, 5) is 11.2. The third-order valence-corrected chi connectivity index (χ3v) is 2.76. The van der Waals surface area contributed by atoms with Crippen LogP contribution in [0, 0.1) is 5.92 Å². The van der Waals surface area contributed by atoms with Crippen molar-refractivity contribution in [3.8, 4) is 0 Å². The van der Waals surface area contributed by atoms with Crippen molar-refractivity contribution in [1.29, 1.82) is 0 Å². The summed E-state index contributed by atoms with van der Waals surface area (Å²) in [7, 11) is 1.63. The second-order valence-electron chi connectivity index (χ2n) is 3.80. The minimum absolute atomic E-state index is 0.0110. The highest BCUT2D eigenvalue weighted by Gasteiger charge is 2.59. The molecule has 1 aliphatic carbocycles. The minimum Gasteiger partial charge on any atom is -0.380 e. The van der Waals surface area contributed by atoms with Crippen molar-refractivity contribution in [2.24, 2.45) is 5.92 Å². The van der Waals surface area contributed by atoms with Gasteiger partial charge >= 0.3 is 0 Å². The minimum atomic E-state index is -0.257. The molecule has 0 N–H and O–H groups in total. The summed E-state index contributed by atoms with van der Waals surface area (Å²) in [6.45, 7) is 2.72. The van der Waals surface area contributed by atoms with E-state index in [1.165, 1.54) is 0 Å². The molecule has 2 fully saturated rings. The summed E-state index contributed by atoms with van der Waals surface area (Å²) in [6, 6.07) is 0. The van der Waals surface area contributed by atoms with E-state index in [9.17, 15) is 4.79 Å². The summed E-state index contributed by atoms with van der Waals surface area (Å²) in [5.74, 6) is 0.140. The van der Waals surface area contributed by atoms with Crippen molar-refractivity contribution in [3.63, 3.8) is 0 Å². The predicted octanol–water partition coefficient (Wildman–Crippen LogP) is 0.742. The average Bonchev–Trinajstić information content (AvgIpc) is 2.86. The fourth-order valence-electron chi connectivity index (χ4n) is 1.92. The van der Waals surface area contributed by atoms with Crippen LogP contribution in [0.1, 0.15) is 19.8 Å². The maximum Gasteiger partial charge on any atom is 0.171 e. The van der Waals surface area contributed by atoms with E-state index in [1.807, 2.05) is 6.92 Å². The predicted molar refractivity (Wildman–Crippen MR) is 48.8 cm³/mol. The standard InChI is InChI=1S/C10H16O4/c1-3-4-13-7-5-6(12-2)8-9(11)10(8)14-7/h6-8,10H,3-5H2,1-2H3. The normalized spacial score (nSPS) is 40.9. The van der Waals surface area contributed by atoms with Gasteiger partial charge in [-0.25, -0.2) is 0 Å². The van der Waals surface area contributed by atoms with Crippen molar-refractivity contribution in [1.82, 2.24) is 0 Å². The zero-order valence-corrected chi connectivity index (χ0v) is 8.56. The molecule has 0 spiro atoms. The van der Waals surface area contributed by atoms with Crippen molar-refractivity contribution >= 4 is 5.78 Å². The Morgan fingerprint density at radius 3 is 3.00 bits per heavy atom. The molecule has 1 saturated carbocycles. The van der Waals surface area contributed by atoms with Crippen LogP contribution in [0.3, 0.4) is 0 Å². The molecule has 80 valence electrons. The summed E-state index contributed by atoms with van der Waals surface area (Å²) >= 11 is 0. The molecule has 0 radical (unpaired) electrons. The molecule has 0 bridgehead atoms. The molecule has 14 heavy (non-hydrogen) atoms. The molecule has 0 aromatic carbocycles. The maximum atomic E-state index is 11.2. The second kappa shape index (κ2) is 3.96. The van der Waals surface area contributed by atoms with Gasteiger partial charge in [-0.2, -0.15) is 0 Å². The third kappa shape index (κ3) is 1.69. The second-order valence-corrected chi connectivity index (χ2v) is 3.80. The highest BCUT2D eigenvalue weighted by Crippen LogP contribution is 2.41. The quantitative estimate of drug-likeness (QED) is 0.671. The van der Waals surface area contributed by atoms with E-state index in [4.69, 9.17) is 14.2 Å². The molecule has 0 amide bonds. The Balaban J connectivity index is 1.88. The number of rotatable bonds is 4. The molecule has 2 aliphatic rings. The van der Waals surface area contributed by atoms with Crippen molar-refractivity contribution in [2.75, 3.05) is 13.7 Å². The van der Waals surface area contributed by atoms with Gasteiger partial charge in [-0.15, -0.1) is 0 Å². The van der Waals surface area contributed by atoms with Crippen LogP contribution < -0.4 is 0 Å². The highest BCUT2D eigenvalue weighted by molar-refractivity contribution is 6.03. The molecule has 1 heterocycles. The lowest BCUT2D eigenvalue weighted by Crippen LogP contribution is -2.33. The lowest BCUT2D eigenvalue weighted by atomic mass is 10.1. The van der Waals surface area contributed by atoms with Gasteiger partial charge in [0, 0.05) is 20.1 Å². The van der Waals surface area contributed by atoms with Crippen LogP contribution in [0.25, 0.3) is 0 Å². The zero-order chi connectivity index (χ0) is 10.1. The Morgan fingerprint density at radius 2 is 2.36 bits per heavy atom. The monoisotopic (exact) mass is 200 g/mol. The van der Waals surface area contributed by atoms with E-state index in [-0.39, 0.29) is 30.2 Å². The van der Waals surface area contributed by atoms with E-state index in [1.54, 1.807) is 7.11 Å². The van der Waals surface area contributed by atoms with Crippen LogP contribution in [0.4, 0.5) is 0 Å². The van der Waals surface area contributed by atoms with E-state index in [2.05, 4.69) is 0 Å². The number of carbonyl (C=O) groups excluding carboxylic acids is 1. The summed E-state index contributed by atoms with van der Waals surface area (Å²) in [5.41, 5.74) is 0. The van der Waals surface area contributed by atoms with Gasteiger partial charge in [-0.1, -0.05) is 6.92 Å². The lowest BCUT2D eigenvalue weighted by Gasteiger charge is -2.26. The van der Waals surface area contributed by atoms with E-state index in [0.717, 1.165) is 6.42 Å². The number of ether oxygens (including phenoxy) is 3. The van der Waals surface area contributed by atoms with Gasteiger partial charge in [0.25, 0.3) is 0 Å². The number of fused-ring (bicyclic) bond motifs is 1. The summed E-state index contributed by atoms with van der Waals surface area (Å²) < 4.78 is 16.2. The van der Waals surface area contributed by atoms with Crippen LogP contribution in [0.15, 0.2) is 0 Å². The number of methoxy groups -OCH3 is 1. The lowest BCUT2D eigenvalue weighted by molar-refractivity contribution is -0.193. The van der Waals surface area contributed by atoms with Crippen molar-refractivity contribution < 1.29 is 19.0 Å². The smallest absolute Gasteiger partial charge is 0.171 e. The molecule has 4 heteroatoms. The van der Waals surface area contributed by atoms with Crippen LogP contribution in [0.5, 0.6) is 0 Å². The van der Waals surface area contributed by atoms with E-state index >= 15 is 0 Å². The molecule has 4 nitrogen and oxygen atoms in total. The molecular weight excluding hydrogens is 184 g/mol. The fraction of sp³-hybridized carbons (Fsp3) is 0.900. The fourth-order valence-corrected chi connectivity index (χ4v) is 1.92. The molecule has 4 unspecified atom stereocenters. The van der Waals surface area contributed by atoms with Crippen molar-refractivity contribution in [3.05, 3.63) is 0 Å². The third-order valence-electron chi connectivity index (χ3n) is 2.76. The first-order chi connectivity index (χ1) is 6.77. The number of hydrogen-bond donors (Lipinski definition) is 0. The van der Waals surface area contributed by atoms with Gasteiger partial charge < -0.3 is 14.2 Å². The van der Waals surface area contributed by atoms with Gasteiger partial charge in [0.1, 0.15) is 6.10 Å². The van der Waals surface area contributed by atoms with E-state index in [0.29, 0.717) is 13.0 Å². The summed E-state index contributed by atoms with van der Waals surface area (Å²) in [6.07, 6.45) is 1.11. The van der Waals surface area contributed by atoms with Crippen molar-refractivity contribution in [2.45, 2.75) is 38.3 Å². The number of Topliss-reactive ketones (excluding diaryl/α,β-unsaturated/α-hetero) is 1. The first-order valence-electron chi connectivity index (χ1n) is 5.11. The van der Waals surface area contributed by atoms with Crippen LogP contribution in [-0.2, 0) is 19.0 Å². The molecule has 1 saturated heterocycles. The SMILES string of the molecule is CCCOC1CC(OC)C2C(=O)C2O1. The van der Waals surface area contributed by atoms with Gasteiger partial charge in [-0.3, -0.25) is 4.79 Å². The molecule has 4 atom stereocenters. The van der Waals surface area contributed by atoms with Gasteiger partial charge in [0.2, 0.25) is 0 Å². The Hall–Kier alpha value is -0.450. The number of ketones is 1. The first-order valence-corrected chi connectivity index (χ1v) is 5.11. The number of hydrogen-bond acceptors (Lipinski definition) is 4. The topological polar surface area (TPSA) is 44.8 Å². The maximum absolute atomic E-state index is 11.2. The Bertz CT molecular complexity index is 228. The highest BCUT2D eigenvalue weighted by atomic mass is 16.7. The van der Waals surface area contributed by atoms with Gasteiger partial charge in [0.15, 0.2) is 12.1 Å². The molecule has 0 aromatic rings. The molecule has 2 rings (SSSR count). The molecule has 1 aliphatic heterocycles. The van der Waals surface area contributed by atoms with Crippen LogP contribution in [0.2, 0.25) is 0 Å². The molecule has 0 aromatic heterocycles. The van der Waals surface area contributed by atoms with Crippen LogP contribution >= 0.6 is 0 Å². The Kier molecular flexibility index (Phi) is 2.85. The number of carbonyl (C=O) groups is 1. The summed E-state index contributed by atoms with van der Waals surface area (Å²) in [5, 5.41) is 0. The van der Waals surface area contributed by atoms with Crippen LogP contribution in [-0.4, -0.2) is 38.0 Å². The Morgan fingerprint density at radius 1 is 1.57 bits per heavy atom. The first kappa shape index (κ1) is 10.1. The molecular formula is C10H16O4. The largest absolute Gasteiger partial charge is 0.380 e. The Labute approximate surface area is 83.5 Å². The van der Waals surface area contributed by atoms with Gasteiger partial charge in [-0.05, 0) is 6.42 Å². The van der Waals surface area contributed by atoms with Gasteiger partial charge in [0.05, 0.1) is 12.0 Å². The van der Waals surface area contributed by atoms with E-state index < -0.39 is 0 Å². The zero-order valence-electron chi connectivity index (χ0n) is 8.56.